The van der Waals surface area contributed by atoms with Crippen LogP contribution in [0.1, 0.15) is 15.9 Å². The summed E-state index contributed by atoms with van der Waals surface area (Å²) in [6, 6.07) is 15.4. The molecule has 3 rings (SSSR count). The van der Waals surface area contributed by atoms with Gasteiger partial charge in [-0.25, -0.2) is 8.42 Å². The topological polar surface area (TPSA) is 84.5 Å². The number of hydrogen-bond acceptors (Lipinski definition) is 4. The molecular weight excluding hydrogens is 447 g/mol. The maximum atomic E-state index is 12.6. The number of sulfonamides is 1. The van der Waals surface area contributed by atoms with Crippen LogP contribution in [0, 0.1) is 6.92 Å². The summed E-state index contributed by atoms with van der Waals surface area (Å²) in [4.78, 5) is 12.6. The Hall–Kier alpha value is -2.74. The number of para-hydroxylation sites is 1. The van der Waals surface area contributed by atoms with Crippen LogP contribution in [-0.2, 0) is 10.0 Å². The smallest absolute Gasteiger partial charge is 0.261 e. The molecule has 0 aromatic heterocycles. The molecule has 0 spiro atoms. The molecule has 1 amide bonds. The second-order valence-electron chi connectivity index (χ2n) is 6.37. The molecule has 0 aliphatic heterocycles. The number of carbonyl (C=O) groups excluding carboxylic acids is 1. The van der Waals surface area contributed by atoms with Gasteiger partial charge in [-0.2, -0.15) is 0 Å². The highest BCUT2D eigenvalue weighted by Gasteiger charge is 2.17. The molecule has 156 valence electrons. The standard InChI is InChI=1S/C21H18Cl2N2O4S/c1-13-11-19(20(29-2)12-17(13)23)24-21(26)14-7-9-15(10-8-14)30(27,28)25-18-6-4-3-5-16(18)22/h3-12,25H,1-2H3,(H,24,26). The SMILES string of the molecule is COc1cc(Cl)c(C)cc1NC(=O)c1ccc(S(=O)(=O)Nc2ccccc2Cl)cc1. The second kappa shape index (κ2) is 8.95. The first-order chi connectivity index (χ1) is 14.2. The Labute approximate surface area is 184 Å². The Morgan fingerprint density at radius 2 is 1.60 bits per heavy atom. The van der Waals surface area contributed by atoms with Crippen LogP contribution in [0.2, 0.25) is 10.0 Å². The van der Waals surface area contributed by atoms with Crippen LogP contribution in [0.5, 0.6) is 5.75 Å². The predicted molar refractivity (Wildman–Crippen MR) is 119 cm³/mol. The first-order valence-electron chi connectivity index (χ1n) is 8.74. The minimum Gasteiger partial charge on any atom is -0.495 e. The second-order valence-corrected chi connectivity index (χ2v) is 8.86. The lowest BCUT2D eigenvalue weighted by Crippen LogP contribution is -2.15. The lowest BCUT2D eigenvalue weighted by atomic mass is 10.1. The summed E-state index contributed by atoms with van der Waals surface area (Å²) >= 11 is 12.1. The van der Waals surface area contributed by atoms with Crippen molar-refractivity contribution >= 4 is 50.5 Å². The molecule has 9 heteroatoms. The fourth-order valence-electron chi connectivity index (χ4n) is 2.66. The van der Waals surface area contributed by atoms with Crippen molar-refractivity contribution in [2.75, 3.05) is 17.1 Å². The van der Waals surface area contributed by atoms with E-state index in [0.29, 0.717) is 16.5 Å². The summed E-state index contributed by atoms with van der Waals surface area (Å²) in [6.45, 7) is 1.81. The van der Waals surface area contributed by atoms with Crippen LogP contribution in [0.25, 0.3) is 0 Å². The minimum absolute atomic E-state index is 0.00103. The number of nitrogens with one attached hydrogen (secondary N) is 2. The molecule has 0 atom stereocenters. The molecule has 6 nitrogen and oxygen atoms in total. The number of halogens is 2. The number of aryl methyl sites for hydroxylation is 1. The van der Waals surface area contributed by atoms with Crippen molar-refractivity contribution in [3.63, 3.8) is 0 Å². The van der Waals surface area contributed by atoms with Gasteiger partial charge < -0.3 is 10.1 Å². The van der Waals surface area contributed by atoms with E-state index >= 15 is 0 Å². The Morgan fingerprint density at radius 1 is 0.933 bits per heavy atom. The highest BCUT2D eigenvalue weighted by Crippen LogP contribution is 2.31. The normalized spacial score (nSPS) is 11.1. The number of benzene rings is 3. The van der Waals surface area contributed by atoms with E-state index in [9.17, 15) is 13.2 Å². The zero-order valence-electron chi connectivity index (χ0n) is 16.1. The summed E-state index contributed by atoms with van der Waals surface area (Å²) in [5, 5.41) is 3.55. The van der Waals surface area contributed by atoms with Crippen molar-refractivity contribution in [1.82, 2.24) is 0 Å². The highest BCUT2D eigenvalue weighted by molar-refractivity contribution is 7.92. The third-order valence-electron chi connectivity index (χ3n) is 4.27. The number of rotatable bonds is 6. The van der Waals surface area contributed by atoms with E-state index < -0.39 is 15.9 Å². The first-order valence-corrected chi connectivity index (χ1v) is 11.0. The van der Waals surface area contributed by atoms with Crippen molar-refractivity contribution in [3.8, 4) is 5.75 Å². The van der Waals surface area contributed by atoms with Crippen molar-refractivity contribution in [3.05, 3.63) is 81.8 Å². The van der Waals surface area contributed by atoms with E-state index in [1.54, 1.807) is 36.4 Å². The van der Waals surface area contributed by atoms with Gasteiger partial charge in [-0.1, -0.05) is 35.3 Å². The molecule has 0 saturated heterocycles. The fourth-order valence-corrected chi connectivity index (χ4v) is 4.13. The largest absolute Gasteiger partial charge is 0.495 e. The van der Waals surface area contributed by atoms with Crippen molar-refractivity contribution in [2.45, 2.75) is 11.8 Å². The lowest BCUT2D eigenvalue weighted by Gasteiger charge is -2.13. The third-order valence-corrected chi connectivity index (χ3v) is 6.39. The lowest BCUT2D eigenvalue weighted by molar-refractivity contribution is 0.102. The molecule has 0 aliphatic rings. The molecule has 0 fully saturated rings. The highest BCUT2D eigenvalue weighted by atomic mass is 35.5. The minimum atomic E-state index is -3.86. The van der Waals surface area contributed by atoms with E-state index in [2.05, 4.69) is 10.0 Å². The number of anilines is 2. The molecule has 0 unspecified atom stereocenters. The maximum Gasteiger partial charge on any atom is 0.261 e. The molecule has 0 saturated carbocycles. The van der Waals surface area contributed by atoms with Crippen molar-refractivity contribution in [2.24, 2.45) is 0 Å². The van der Waals surface area contributed by atoms with Crippen LogP contribution in [0.15, 0.2) is 65.6 Å². The number of hydrogen-bond donors (Lipinski definition) is 2. The summed E-state index contributed by atoms with van der Waals surface area (Å²) in [5.74, 6) is 0.000112. The monoisotopic (exact) mass is 464 g/mol. The van der Waals surface area contributed by atoms with Crippen molar-refractivity contribution < 1.29 is 17.9 Å². The first kappa shape index (κ1) is 22.0. The Morgan fingerprint density at radius 3 is 2.23 bits per heavy atom. The van der Waals surface area contributed by atoms with Crippen LogP contribution in [0.4, 0.5) is 11.4 Å². The fraction of sp³-hybridized carbons (Fsp3) is 0.0952. The molecule has 3 aromatic rings. The number of carbonyl (C=O) groups is 1. The molecule has 0 heterocycles. The van der Waals surface area contributed by atoms with Gasteiger partial charge in [0.1, 0.15) is 5.75 Å². The molecule has 0 radical (unpaired) electrons. The van der Waals surface area contributed by atoms with Gasteiger partial charge in [0.2, 0.25) is 0 Å². The predicted octanol–water partition coefficient (Wildman–Crippen LogP) is 5.36. The van der Waals surface area contributed by atoms with Crippen LogP contribution in [0.3, 0.4) is 0 Å². The third kappa shape index (κ3) is 4.87. The summed E-state index contributed by atoms with van der Waals surface area (Å²) < 4.78 is 32.8. The Kier molecular flexibility index (Phi) is 6.55. The van der Waals surface area contributed by atoms with E-state index in [0.717, 1.165) is 5.56 Å². The average molecular weight is 465 g/mol. The van der Waals surface area contributed by atoms with E-state index in [1.165, 1.54) is 31.4 Å². The summed E-state index contributed by atoms with van der Waals surface area (Å²) in [6.07, 6.45) is 0. The zero-order chi connectivity index (χ0) is 21.9. The molecule has 0 bridgehead atoms. The van der Waals surface area contributed by atoms with E-state index in [-0.39, 0.29) is 21.2 Å². The zero-order valence-corrected chi connectivity index (χ0v) is 18.4. The van der Waals surface area contributed by atoms with Crippen molar-refractivity contribution in [1.29, 1.82) is 0 Å². The molecule has 0 aliphatic carbocycles. The van der Waals surface area contributed by atoms with Gasteiger partial charge in [-0.3, -0.25) is 9.52 Å². The average Bonchev–Trinajstić information content (AvgIpc) is 2.72. The number of methoxy groups -OCH3 is 1. The number of ether oxygens (including phenoxy) is 1. The Bertz CT molecular complexity index is 1200. The Balaban J connectivity index is 1.79. The van der Waals surface area contributed by atoms with Gasteiger partial charge in [-0.15, -0.1) is 0 Å². The number of amides is 1. The molecule has 3 aromatic carbocycles. The molecule has 30 heavy (non-hydrogen) atoms. The van der Waals surface area contributed by atoms with E-state index in [1.807, 2.05) is 6.92 Å². The van der Waals surface area contributed by atoms with Gasteiger partial charge in [0, 0.05) is 16.7 Å². The van der Waals surface area contributed by atoms with Crippen LogP contribution in [-0.4, -0.2) is 21.4 Å². The quantitative estimate of drug-likeness (QED) is 0.513. The maximum absolute atomic E-state index is 12.6. The van der Waals surface area contributed by atoms with Gasteiger partial charge in [0.25, 0.3) is 15.9 Å². The summed E-state index contributed by atoms with van der Waals surface area (Å²) in [7, 11) is -2.38. The van der Waals surface area contributed by atoms with Crippen LogP contribution >= 0.6 is 23.2 Å². The van der Waals surface area contributed by atoms with Crippen LogP contribution < -0.4 is 14.8 Å². The van der Waals surface area contributed by atoms with Gasteiger partial charge in [0.05, 0.1) is 28.4 Å². The van der Waals surface area contributed by atoms with Gasteiger partial charge in [0.15, 0.2) is 0 Å². The van der Waals surface area contributed by atoms with Gasteiger partial charge in [-0.05, 0) is 55.0 Å². The molecular formula is C21H18Cl2N2O4S. The van der Waals surface area contributed by atoms with Gasteiger partial charge >= 0.3 is 0 Å². The molecule has 2 N–H and O–H groups in total. The summed E-state index contributed by atoms with van der Waals surface area (Å²) in [5.41, 5.74) is 1.79. The van der Waals surface area contributed by atoms with E-state index in [4.69, 9.17) is 27.9 Å².